The van der Waals surface area contributed by atoms with Crippen LogP contribution in [0.2, 0.25) is 0 Å². The van der Waals surface area contributed by atoms with Crippen LogP contribution >= 0.6 is 0 Å². The number of hydrogen-bond acceptors (Lipinski definition) is 3. The van der Waals surface area contributed by atoms with E-state index in [0.29, 0.717) is 0 Å². The second-order valence-corrected chi connectivity index (χ2v) is 9.54. The SMILES string of the molecule is c1ccc(B2N(c3ccccc3)c3nc4ccccc4n3-c3ccccc3-c3nc4ccccc4n32)cc1. The molecule has 0 radical (unpaired) electrons. The highest BCUT2D eigenvalue weighted by Crippen LogP contribution is 2.40. The minimum absolute atomic E-state index is 0.232. The molecule has 0 saturated heterocycles. The molecular weight excluding hydrogens is 465 g/mol. The number of fused-ring (bicyclic) bond motifs is 9. The molecule has 0 unspecified atom stereocenters. The first-order valence-corrected chi connectivity index (χ1v) is 12.8. The van der Waals surface area contributed by atoms with Gasteiger partial charge in [-0.2, -0.15) is 0 Å². The van der Waals surface area contributed by atoms with Crippen LogP contribution < -0.4 is 10.3 Å². The number of para-hydroxylation sites is 6. The summed E-state index contributed by atoms with van der Waals surface area (Å²) >= 11 is 0. The topological polar surface area (TPSA) is 38.9 Å². The standard InChI is InChI=1S/C32H22BN5/c1-3-13-23(14-4-1)33-37(24-15-5-2-6-16-24)32-35-26-18-8-11-21-29(26)36(32)28-20-10-7-17-25(28)31-34-27-19-9-12-22-30(27)38(31)33/h1-22H. The Morgan fingerprint density at radius 2 is 1.13 bits per heavy atom. The number of benzene rings is 5. The van der Waals surface area contributed by atoms with Crippen molar-refractivity contribution in [1.29, 1.82) is 0 Å². The van der Waals surface area contributed by atoms with Crippen LogP contribution in [0.1, 0.15) is 0 Å². The Morgan fingerprint density at radius 1 is 0.526 bits per heavy atom. The Morgan fingerprint density at radius 3 is 1.92 bits per heavy atom. The molecule has 178 valence electrons. The van der Waals surface area contributed by atoms with Crippen LogP contribution in [-0.4, -0.2) is 26.0 Å². The Balaban J connectivity index is 1.61. The predicted molar refractivity (Wildman–Crippen MR) is 156 cm³/mol. The number of hydrogen-bond donors (Lipinski definition) is 0. The van der Waals surface area contributed by atoms with Crippen LogP contribution in [0.3, 0.4) is 0 Å². The van der Waals surface area contributed by atoms with Crippen LogP contribution in [0.4, 0.5) is 11.6 Å². The number of aromatic nitrogens is 4. The van der Waals surface area contributed by atoms with E-state index in [1.807, 2.05) is 0 Å². The number of imidazole rings is 2. The molecule has 0 fully saturated rings. The second kappa shape index (κ2) is 8.22. The average Bonchev–Trinajstić information content (AvgIpc) is 3.54. The van der Waals surface area contributed by atoms with E-state index in [-0.39, 0.29) is 6.98 Å². The van der Waals surface area contributed by atoms with Gasteiger partial charge in [-0.05, 0) is 54.0 Å². The summed E-state index contributed by atoms with van der Waals surface area (Å²) in [5.41, 5.74) is 8.40. The molecule has 5 aromatic carbocycles. The first kappa shape index (κ1) is 21.0. The maximum atomic E-state index is 5.28. The number of rotatable bonds is 2. The molecule has 1 aliphatic heterocycles. The smallest absolute Gasteiger partial charge is 0.344 e. The molecule has 0 bridgehead atoms. The van der Waals surface area contributed by atoms with Crippen LogP contribution in [-0.2, 0) is 0 Å². The molecular formula is C32H22BN5. The van der Waals surface area contributed by atoms with Crippen molar-refractivity contribution in [3.63, 3.8) is 0 Å². The van der Waals surface area contributed by atoms with Crippen LogP contribution in [0, 0.1) is 0 Å². The first-order chi connectivity index (χ1) is 18.9. The maximum Gasteiger partial charge on any atom is 0.424 e. The lowest BCUT2D eigenvalue weighted by Gasteiger charge is -2.35. The van der Waals surface area contributed by atoms with Gasteiger partial charge in [0.25, 0.3) is 0 Å². The summed E-state index contributed by atoms with van der Waals surface area (Å²) < 4.78 is 4.66. The van der Waals surface area contributed by atoms with E-state index >= 15 is 0 Å². The summed E-state index contributed by atoms with van der Waals surface area (Å²) in [5, 5.41) is 0. The molecule has 0 saturated carbocycles. The van der Waals surface area contributed by atoms with Crippen molar-refractivity contribution in [2.24, 2.45) is 0 Å². The normalized spacial score (nSPS) is 12.6. The summed E-state index contributed by atoms with van der Waals surface area (Å²) in [7, 11) is 0. The fraction of sp³-hybridized carbons (Fsp3) is 0. The lowest BCUT2D eigenvalue weighted by Crippen LogP contribution is -2.53. The fourth-order valence-corrected chi connectivity index (χ4v) is 5.75. The van der Waals surface area contributed by atoms with Gasteiger partial charge in [0.15, 0.2) is 0 Å². The molecule has 1 aliphatic rings. The Labute approximate surface area is 220 Å². The van der Waals surface area contributed by atoms with Gasteiger partial charge >= 0.3 is 6.98 Å². The van der Waals surface area contributed by atoms with Gasteiger partial charge in [-0.1, -0.05) is 84.9 Å². The van der Waals surface area contributed by atoms with E-state index < -0.39 is 0 Å². The van der Waals surface area contributed by atoms with E-state index in [9.17, 15) is 0 Å². The predicted octanol–water partition coefficient (Wildman–Crippen LogP) is 6.44. The van der Waals surface area contributed by atoms with E-state index in [0.717, 1.165) is 56.2 Å². The molecule has 0 N–H and O–H groups in total. The third-order valence-corrected chi connectivity index (χ3v) is 7.36. The van der Waals surface area contributed by atoms with Crippen LogP contribution in [0.5, 0.6) is 0 Å². The fourth-order valence-electron chi connectivity index (χ4n) is 5.75. The van der Waals surface area contributed by atoms with Gasteiger partial charge in [0.2, 0.25) is 5.95 Å². The summed E-state index contributed by atoms with van der Waals surface area (Å²) in [6, 6.07) is 46.5. The third kappa shape index (κ3) is 3.00. The van der Waals surface area contributed by atoms with Gasteiger partial charge in [0, 0.05) is 11.3 Å². The van der Waals surface area contributed by atoms with E-state index in [2.05, 4.69) is 147 Å². The largest absolute Gasteiger partial charge is 0.424 e. The number of nitrogens with zero attached hydrogens (tertiary/aromatic N) is 5. The highest BCUT2D eigenvalue weighted by Gasteiger charge is 2.39. The molecule has 0 aliphatic carbocycles. The quantitative estimate of drug-likeness (QED) is 0.264. The summed E-state index contributed by atoms with van der Waals surface area (Å²) in [5.74, 6) is 1.79. The summed E-state index contributed by atoms with van der Waals surface area (Å²) in [6.07, 6.45) is 0. The van der Waals surface area contributed by atoms with Gasteiger partial charge in [0.05, 0.1) is 27.8 Å². The number of anilines is 2. The monoisotopic (exact) mass is 487 g/mol. The lowest BCUT2D eigenvalue weighted by atomic mass is 9.64. The van der Waals surface area contributed by atoms with Crippen molar-refractivity contribution in [1.82, 2.24) is 19.0 Å². The molecule has 5 nitrogen and oxygen atoms in total. The van der Waals surface area contributed by atoms with Crippen molar-refractivity contribution >= 4 is 46.1 Å². The highest BCUT2D eigenvalue weighted by molar-refractivity contribution is 6.77. The van der Waals surface area contributed by atoms with E-state index in [4.69, 9.17) is 9.97 Å². The molecule has 0 amide bonds. The van der Waals surface area contributed by atoms with Crippen LogP contribution in [0.25, 0.3) is 39.1 Å². The van der Waals surface area contributed by atoms with Gasteiger partial charge in [0.1, 0.15) is 5.82 Å². The Hall–Kier alpha value is -5.10. The Bertz CT molecular complexity index is 1940. The second-order valence-electron chi connectivity index (χ2n) is 9.54. The lowest BCUT2D eigenvalue weighted by molar-refractivity contribution is 1.02. The van der Waals surface area contributed by atoms with Gasteiger partial charge in [-0.3, -0.25) is 4.57 Å². The van der Waals surface area contributed by atoms with Gasteiger partial charge in [-0.15, -0.1) is 0 Å². The van der Waals surface area contributed by atoms with E-state index in [1.54, 1.807) is 0 Å². The van der Waals surface area contributed by atoms with E-state index in [1.165, 1.54) is 0 Å². The molecule has 2 aromatic heterocycles. The van der Waals surface area contributed by atoms with Crippen molar-refractivity contribution in [2.75, 3.05) is 4.81 Å². The maximum absolute atomic E-state index is 5.28. The molecule has 38 heavy (non-hydrogen) atoms. The van der Waals surface area contributed by atoms with Gasteiger partial charge in [-0.25, -0.2) is 9.97 Å². The molecule has 7 aromatic rings. The Kier molecular flexibility index (Phi) is 4.55. The zero-order chi connectivity index (χ0) is 25.1. The average molecular weight is 487 g/mol. The summed E-state index contributed by atoms with van der Waals surface area (Å²) in [6.45, 7) is -0.232. The molecule has 0 spiro atoms. The van der Waals surface area contributed by atoms with Crippen LogP contribution in [0.15, 0.2) is 133 Å². The zero-order valence-electron chi connectivity index (χ0n) is 20.5. The zero-order valence-corrected chi connectivity index (χ0v) is 20.5. The third-order valence-electron chi connectivity index (χ3n) is 7.36. The van der Waals surface area contributed by atoms with Gasteiger partial charge < -0.3 is 9.29 Å². The highest BCUT2D eigenvalue weighted by atomic mass is 15.3. The molecule has 0 atom stereocenters. The minimum atomic E-state index is -0.232. The first-order valence-electron chi connectivity index (χ1n) is 12.8. The molecule has 6 heteroatoms. The van der Waals surface area contributed by atoms with Crippen molar-refractivity contribution in [2.45, 2.75) is 0 Å². The van der Waals surface area contributed by atoms with Crippen molar-refractivity contribution < 1.29 is 0 Å². The molecule has 8 rings (SSSR count). The van der Waals surface area contributed by atoms with Crippen molar-refractivity contribution in [3.8, 4) is 17.1 Å². The van der Waals surface area contributed by atoms with Crippen molar-refractivity contribution in [3.05, 3.63) is 133 Å². The minimum Gasteiger partial charge on any atom is -0.344 e. The molecule has 3 heterocycles. The summed E-state index contributed by atoms with van der Waals surface area (Å²) in [4.78, 5) is 12.9.